The lowest BCUT2D eigenvalue weighted by molar-refractivity contribution is 0.0330. The van der Waals surface area contributed by atoms with Gasteiger partial charge < -0.3 is 33.4 Å². The molecule has 0 radical (unpaired) electrons. The minimum atomic E-state index is -1.05. The number of aromatic carboxylic acids is 1. The Morgan fingerprint density at radius 2 is 1.64 bits per heavy atom. The molecule has 5 heterocycles. The first kappa shape index (κ1) is 42.7. The summed E-state index contributed by atoms with van der Waals surface area (Å²) >= 11 is 13.7. The Hall–Kier alpha value is -4.98. The number of rotatable bonds is 13. The van der Waals surface area contributed by atoms with E-state index in [0.717, 1.165) is 90.7 Å². The molecule has 1 unspecified atom stereocenters. The number of methoxy groups -OCH3 is 1. The second kappa shape index (κ2) is 17.4. The summed E-state index contributed by atoms with van der Waals surface area (Å²) in [6, 6.07) is 13.2. The second-order valence-corrected chi connectivity index (χ2v) is 17.2. The minimum absolute atomic E-state index is 0.139. The molecule has 1 fully saturated rings. The monoisotopic (exact) mass is 866 g/mol. The lowest BCUT2D eigenvalue weighted by atomic mass is 9.97. The predicted octanol–water partition coefficient (Wildman–Crippen LogP) is 9.31. The Labute approximate surface area is 365 Å². The van der Waals surface area contributed by atoms with Crippen LogP contribution in [-0.4, -0.2) is 94.2 Å². The van der Waals surface area contributed by atoms with Crippen molar-refractivity contribution in [1.29, 1.82) is 0 Å². The standard InChI is InChI=1S/C47H52Cl2N6O6/c1-26-19-32-23-38(47(57)58)53(14-16-59-7)43(32)37(20-26)54-24-29(4)55-44-35(34(45(55)46(54)56)9-8-15-61-33-21-27(2)42(49)28(3)22-33)10-11-36(48)41(44)40-30(5)50-39(51-31(40)6)25-52-12-17-60-18-13-52/h10-11,19-23,29H,8-9,12-18,24-25H2,1-7H3,(H,57,58). The van der Waals surface area contributed by atoms with Gasteiger partial charge in [-0.15, -0.1) is 0 Å². The molecule has 12 nitrogen and oxygen atoms in total. The smallest absolute Gasteiger partial charge is 0.352 e. The number of ether oxygens (including phenoxy) is 3. The molecule has 3 aromatic heterocycles. The third-order valence-corrected chi connectivity index (χ3v) is 12.9. The lowest BCUT2D eigenvalue weighted by Gasteiger charge is -2.35. The molecule has 1 amide bonds. The van der Waals surface area contributed by atoms with E-state index in [0.29, 0.717) is 80.8 Å². The molecule has 14 heteroatoms. The molecule has 320 valence electrons. The second-order valence-electron chi connectivity index (χ2n) is 16.4. The van der Waals surface area contributed by atoms with E-state index < -0.39 is 5.97 Å². The highest BCUT2D eigenvalue weighted by atomic mass is 35.5. The van der Waals surface area contributed by atoms with Crippen molar-refractivity contribution in [2.75, 3.05) is 58.1 Å². The fourth-order valence-corrected chi connectivity index (χ4v) is 9.67. The van der Waals surface area contributed by atoms with Crippen LogP contribution in [0.15, 0.2) is 42.5 Å². The fourth-order valence-electron chi connectivity index (χ4n) is 9.31. The van der Waals surface area contributed by atoms with Crippen molar-refractivity contribution in [3.8, 4) is 16.9 Å². The lowest BCUT2D eigenvalue weighted by Crippen LogP contribution is -2.43. The number of aryl methyl sites for hydroxylation is 6. The highest BCUT2D eigenvalue weighted by molar-refractivity contribution is 6.35. The van der Waals surface area contributed by atoms with E-state index in [-0.39, 0.29) is 17.6 Å². The average molecular weight is 868 g/mol. The summed E-state index contributed by atoms with van der Waals surface area (Å²) < 4.78 is 21.2. The molecule has 0 spiro atoms. The molecule has 3 aromatic carbocycles. The normalized spacial score (nSPS) is 15.9. The van der Waals surface area contributed by atoms with Crippen molar-refractivity contribution in [3.05, 3.63) is 103 Å². The van der Waals surface area contributed by atoms with Crippen LogP contribution in [0.1, 0.15) is 79.8 Å². The molecule has 1 N–H and O–H groups in total. The van der Waals surface area contributed by atoms with Crippen LogP contribution in [0.4, 0.5) is 5.69 Å². The number of carboxylic acid groups (broad SMARTS) is 1. The van der Waals surface area contributed by atoms with Crippen LogP contribution in [0.25, 0.3) is 32.9 Å². The van der Waals surface area contributed by atoms with Crippen molar-refractivity contribution in [2.24, 2.45) is 0 Å². The van der Waals surface area contributed by atoms with Gasteiger partial charge in [0.15, 0.2) is 0 Å². The molecule has 1 saturated heterocycles. The maximum atomic E-state index is 15.5. The molecule has 61 heavy (non-hydrogen) atoms. The first-order chi connectivity index (χ1) is 29.3. The van der Waals surface area contributed by atoms with Crippen molar-refractivity contribution in [2.45, 2.75) is 73.5 Å². The molecule has 6 aromatic rings. The summed E-state index contributed by atoms with van der Waals surface area (Å²) in [4.78, 5) is 42.2. The first-order valence-electron chi connectivity index (χ1n) is 20.8. The largest absolute Gasteiger partial charge is 0.494 e. The number of morpholine rings is 1. The molecule has 0 bridgehead atoms. The van der Waals surface area contributed by atoms with Crippen LogP contribution < -0.4 is 9.64 Å². The Morgan fingerprint density at radius 3 is 2.31 bits per heavy atom. The summed E-state index contributed by atoms with van der Waals surface area (Å²) in [5.74, 6) is 0.274. The number of benzene rings is 3. The highest BCUT2D eigenvalue weighted by Crippen LogP contribution is 2.46. The Morgan fingerprint density at radius 1 is 0.934 bits per heavy atom. The van der Waals surface area contributed by atoms with Crippen LogP contribution in [0.3, 0.4) is 0 Å². The quantitative estimate of drug-likeness (QED) is 0.113. The number of carbonyl (C=O) groups excluding carboxylic acids is 1. The van der Waals surface area contributed by atoms with Crippen molar-refractivity contribution < 1.29 is 28.9 Å². The number of carboxylic acids is 1. The molecular weight excluding hydrogens is 815 g/mol. The van der Waals surface area contributed by atoms with Crippen molar-refractivity contribution in [3.63, 3.8) is 0 Å². The van der Waals surface area contributed by atoms with Gasteiger partial charge >= 0.3 is 5.97 Å². The van der Waals surface area contributed by atoms with Crippen LogP contribution in [-0.2, 0) is 29.0 Å². The summed E-state index contributed by atoms with van der Waals surface area (Å²) in [5, 5.41) is 13.2. The van der Waals surface area contributed by atoms with Crippen LogP contribution in [0.2, 0.25) is 10.0 Å². The maximum absolute atomic E-state index is 15.5. The van der Waals surface area contributed by atoms with Gasteiger partial charge in [0.25, 0.3) is 5.91 Å². The van der Waals surface area contributed by atoms with E-state index >= 15 is 4.79 Å². The molecular formula is C47H52Cl2N6O6. The SMILES string of the molecule is COCCn1c(C(=O)O)cc2cc(C)cc(N3CC(C)n4c(c(CCCOc5cc(C)c(Cl)c(C)c5)c5ccc(Cl)c(-c6c(C)nc(CN7CCOCC7)nc6C)c54)C3=O)c21. The third kappa shape index (κ3) is 8.00. The summed E-state index contributed by atoms with van der Waals surface area (Å²) in [5.41, 5.74) is 9.90. The zero-order valence-corrected chi connectivity index (χ0v) is 37.3. The highest BCUT2D eigenvalue weighted by Gasteiger charge is 2.38. The number of aromatic nitrogens is 4. The Kier molecular flexibility index (Phi) is 12.2. The van der Waals surface area contributed by atoms with Gasteiger partial charge in [-0.1, -0.05) is 29.3 Å². The van der Waals surface area contributed by atoms with Crippen LogP contribution in [0, 0.1) is 34.6 Å². The van der Waals surface area contributed by atoms with E-state index in [1.807, 2.05) is 75.9 Å². The summed E-state index contributed by atoms with van der Waals surface area (Å²) in [6.45, 7) is 17.0. The maximum Gasteiger partial charge on any atom is 0.352 e. The van der Waals surface area contributed by atoms with Crippen LogP contribution >= 0.6 is 23.2 Å². The van der Waals surface area contributed by atoms with Crippen molar-refractivity contribution >= 4 is 62.6 Å². The van der Waals surface area contributed by atoms with Gasteiger partial charge in [-0.05, 0) is 113 Å². The van der Waals surface area contributed by atoms with E-state index in [9.17, 15) is 9.90 Å². The molecule has 0 saturated carbocycles. The number of anilines is 1. The molecule has 1 atom stereocenters. The predicted molar refractivity (Wildman–Crippen MR) is 240 cm³/mol. The van der Waals surface area contributed by atoms with Crippen molar-refractivity contribution in [1.82, 2.24) is 24.0 Å². The summed E-state index contributed by atoms with van der Waals surface area (Å²) in [6.07, 6.45) is 1.17. The number of fused-ring (bicyclic) bond motifs is 4. The molecule has 0 aliphatic carbocycles. The van der Waals surface area contributed by atoms with Gasteiger partial charge in [-0.3, -0.25) is 9.69 Å². The number of halogens is 2. The third-order valence-electron chi connectivity index (χ3n) is 12.0. The molecule has 2 aliphatic heterocycles. The van der Waals surface area contributed by atoms with E-state index in [1.165, 1.54) is 0 Å². The van der Waals surface area contributed by atoms with Gasteiger partial charge in [-0.25, -0.2) is 14.8 Å². The minimum Gasteiger partial charge on any atom is -0.494 e. The van der Waals surface area contributed by atoms with Gasteiger partial charge in [0.05, 0.1) is 54.7 Å². The van der Waals surface area contributed by atoms with Gasteiger partial charge in [0, 0.05) is 77.6 Å². The molecule has 2 aliphatic rings. The fraction of sp³-hybridized carbons (Fsp3) is 0.404. The number of carbonyl (C=O) groups is 2. The first-order valence-corrected chi connectivity index (χ1v) is 21.6. The zero-order valence-electron chi connectivity index (χ0n) is 35.8. The van der Waals surface area contributed by atoms with E-state index in [2.05, 4.69) is 16.4 Å². The Bertz CT molecular complexity index is 2650. The van der Waals surface area contributed by atoms with Gasteiger partial charge in [0.1, 0.15) is 23.0 Å². The number of amides is 1. The zero-order chi connectivity index (χ0) is 43.3. The van der Waals surface area contributed by atoms with Crippen LogP contribution in [0.5, 0.6) is 5.75 Å². The Balaban J connectivity index is 1.27. The topological polar surface area (TPSA) is 124 Å². The summed E-state index contributed by atoms with van der Waals surface area (Å²) in [7, 11) is 1.59. The van der Waals surface area contributed by atoms with Gasteiger partial charge in [-0.2, -0.15) is 0 Å². The van der Waals surface area contributed by atoms with E-state index in [1.54, 1.807) is 17.7 Å². The molecule has 8 rings (SSSR count). The number of nitrogens with zero attached hydrogens (tertiary/aromatic N) is 6. The van der Waals surface area contributed by atoms with E-state index in [4.69, 9.17) is 47.4 Å². The average Bonchev–Trinajstić information content (AvgIpc) is 3.76. The number of hydrogen-bond donors (Lipinski definition) is 1. The number of hydrogen-bond acceptors (Lipinski definition) is 8. The van der Waals surface area contributed by atoms with Gasteiger partial charge in [0.2, 0.25) is 0 Å².